The van der Waals surface area contributed by atoms with Gasteiger partial charge in [-0.3, -0.25) is 0 Å². The fourth-order valence-corrected chi connectivity index (χ4v) is 2.00. The topological polar surface area (TPSA) is 58.9 Å². The molecule has 1 fully saturated rings. The van der Waals surface area contributed by atoms with Gasteiger partial charge in [-0.25, -0.2) is 0 Å². The normalized spacial score (nSPS) is 30.4. The van der Waals surface area contributed by atoms with Crippen molar-refractivity contribution in [3.05, 3.63) is 0 Å². The van der Waals surface area contributed by atoms with Crippen molar-refractivity contribution in [2.24, 2.45) is 5.92 Å². The molecule has 1 N–H and O–H groups in total. The average Bonchev–Trinajstić information content (AvgIpc) is 1.93. The fourth-order valence-electron chi connectivity index (χ4n) is 1.15. The molecule has 0 aromatic carbocycles. The van der Waals surface area contributed by atoms with Crippen molar-refractivity contribution >= 4 is 11.4 Å². The molecule has 1 aliphatic rings. The SMILES string of the molecule is CC(C)(C)[S+]([O-])N[C@H]1C[C@@H](C#N)C1. The highest BCUT2D eigenvalue weighted by Gasteiger charge is 2.36. The Morgan fingerprint density at radius 2 is 2.00 bits per heavy atom. The van der Waals surface area contributed by atoms with E-state index in [0.717, 1.165) is 12.8 Å². The molecule has 0 aliphatic heterocycles. The summed E-state index contributed by atoms with van der Waals surface area (Å²) in [6.07, 6.45) is 1.69. The predicted molar refractivity (Wildman–Crippen MR) is 53.2 cm³/mol. The molecule has 1 atom stereocenters. The van der Waals surface area contributed by atoms with E-state index in [1.807, 2.05) is 20.8 Å². The van der Waals surface area contributed by atoms with Gasteiger partial charge in [-0.1, -0.05) is 0 Å². The fraction of sp³-hybridized carbons (Fsp3) is 0.889. The van der Waals surface area contributed by atoms with Crippen molar-refractivity contribution in [1.82, 2.24) is 4.72 Å². The third-order valence-corrected chi connectivity index (χ3v) is 3.81. The number of nitrogens with one attached hydrogen (secondary N) is 1. The second-order valence-electron chi connectivity index (χ2n) is 4.49. The zero-order chi connectivity index (χ0) is 10.1. The lowest BCUT2D eigenvalue weighted by atomic mass is 9.82. The average molecular weight is 200 g/mol. The van der Waals surface area contributed by atoms with Gasteiger partial charge >= 0.3 is 0 Å². The summed E-state index contributed by atoms with van der Waals surface area (Å²) in [4.78, 5) is 0. The summed E-state index contributed by atoms with van der Waals surface area (Å²) in [6.45, 7) is 5.82. The van der Waals surface area contributed by atoms with Gasteiger partial charge in [-0.05, 0) is 33.6 Å². The first-order chi connectivity index (χ1) is 5.93. The van der Waals surface area contributed by atoms with Crippen molar-refractivity contribution in [3.8, 4) is 6.07 Å². The van der Waals surface area contributed by atoms with Gasteiger partial charge in [0.05, 0.1) is 12.1 Å². The minimum Gasteiger partial charge on any atom is -0.598 e. The molecule has 0 amide bonds. The van der Waals surface area contributed by atoms with Gasteiger partial charge in [-0.2, -0.15) is 5.26 Å². The molecule has 0 aromatic heterocycles. The maximum Gasteiger partial charge on any atom is 0.136 e. The van der Waals surface area contributed by atoms with Crippen LogP contribution in [0.3, 0.4) is 0 Å². The molecular weight excluding hydrogens is 184 g/mol. The van der Waals surface area contributed by atoms with Crippen LogP contribution in [0.5, 0.6) is 0 Å². The third kappa shape index (κ3) is 2.87. The summed E-state index contributed by atoms with van der Waals surface area (Å²) in [5.74, 6) is 0.175. The van der Waals surface area contributed by atoms with Crippen molar-refractivity contribution in [2.45, 2.75) is 44.4 Å². The Labute approximate surface area is 82.8 Å². The summed E-state index contributed by atoms with van der Waals surface area (Å²) in [5.41, 5.74) is 0. The molecule has 0 saturated heterocycles. The van der Waals surface area contributed by atoms with E-state index < -0.39 is 11.4 Å². The lowest BCUT2D eigenvalue weighted by molar-refractivity contribution is 0.306. The third-order valence-electron chi connectivity index (χ3n) is 2.15. The van der Waals surface area contributed by atoms with E-state index in [1.165, 1.54) is 0 Å². The number of nitriles is 1. The second kappa shape index (κ2) is 3.87. The van der Waals surface area contributed by atoms with Crippen molar-refractivity contribution in [2.75, 3.05) is 0 Å². The lowest BCUT2D eigenvalue weighted by Crippen LogP contribution is -2.49. The highest BCUT2D eigenvalue weighted by atomic mass is 32.2. The maximum atomic E-state index is 11.6. The van der Waals surface area contributed by atoms with Crippen LogP contribution in [0.4, 0.5) is 0 Å². The Morgan fingerprint density at radius 3 is 2.38 bits per heavy atom. The molecule has 0 aromatic rings. The molecular formula is C9H16N2OS. The van der Waals surface area contributed by atoms with Crippen LogP contribution in [0.15, 0.2) is 0 Å². The van der Waals surface area contributed by atoms with Crippen LogP contribution < -0.4 is 4.72 Å². The lowest BCUT2D eigenvalue weighted by Gasteiger charge is -2.34. The summed E-state index contributed by atoms with van der Waals surface area (Å²) >= 11 is -0.992. The van der Waals surface area contributed by atoms with Gasteiger partial charge in [0.2, 0.25) is 0 Å². The zero-order valence-electron chi connectivity index (χ0n) is 8.33. The van der Waals surface area contributed by atoms with E-state index in [1.54, 1.807) is 0 Å². The molecule has 0 heterocycles. The summed E-state index contributed by atoms with van der Waals surface area (Å²) in [7, 11) is 0. The molecule has 0 spiro atoms. The van der Waals surface area contributed by atoms with E-state index >= 15 is 0 Å². The smallest absolute Gasteiger partial charge is 0.136 e. The zero-order valence-corrected chi connectivity index (χ0v) is 9.15. The molecule has 3 nitrogen and oxygen atoms in total. The van der Waals surface area contributed by atoms with Gasteiger partial charge in [-0.15, -0.1) is 4.72 Å². The quantitative estimate of drug-likeness (QED) is 0.684. The Bertz CT molecular complexity index is 213. The second-order valence-corrected chi connectivity index (χ2v) is 6.49. The first kappa shape index (κ1) is 10.8. The Balaban J connectivity index is 2.25. The van der Waals surface area contributed by atoms with Crippen LogP contribution in [0.1, 0.15) is 33.6 Å². The van der Waals surface area contributed by atoms with E-state index in [0.29, 0.717) is 0 Å². The minimum atomic E-state index is -0.992. The molecule has 1 rings (SSSR count). The van der Waals surface area contributed by atoms with Crippen LogP contribution in [-0.2, 0) is 11.4 Å². The standard InChI is InChI=1S/C9H16N2OS/c1-9(2,3)13(12)11-8-4-7(5-8)6-10/h7-8,11H,4-5H2,1-3H3/t7-,8+,13?. The Kier molecular flexibility index (Phi) is 3.23. The number of rotatable bonds is 2. The number of nitrogens with zero attached hydrogens (tertiary/aromatic N) is 1. The monoisotopic (exact) mass is 200 g/mol. The Hall–Kier alpha value is -0.240. The molecule has 0 bridgehead atoms. The molecule has 0 radical (unpaired) electrons. The van der Waals surface area contributed by atoms with Crippen LogP contribution in [0, 0.1) is 17.2 Å². The van der Waals surface area contributed by atoms with Gasteiger partial charge < -0.3 is 4.55 Å². The predicted octanol–water partition coefficient (Wildman–Crippen LogP) is 1.34. The first-order valence-electron chi connectivity index (χ1n) is 4.51. The van der Waals surface area contributed by atoms with Crippen LogP contribution >= 0.6 is 0 Å². The molecule has 13 heavy (non-hydrogen) atoms. The van der Waals surface area contributed by atoms with Crippen LogP contribution in [0.25, 0.3) is 0 Å². The van der Waals surface area contributed by atoms with Gasteiger partial charge in [0.1, 0.15) is 4.75 Å². The minimum absolute atomic E-state index is 0.175. The Morgan fingerprint density at radius 1 is 1.46 bits per heavy atom. The summed E-state index contributed by atoms with van der Waals surface area (Å²) in [5, 5.41) is 8.54. The maximum absolute atomic E-state index is 11.6. The molecule has 4 heteroatoms. The van der Waals surface area contributed by atoms with Crippen molar-refractivity contribution in [3.63, 3.8) is 0 Å². The largest absolute Gasteiger partial charge is 0.598 e. The van der Waals surface area contributed by atoms with Crippen LogP contribution in [0.2, 0.25) is 0 Å². The number of hydrogen-bond acceptors (Lipinski definition) is 3. The molecule has 1 saturated carbocycles. The highest BCUT2D eigenvalue weighted by molar-refractivity contribution is 7.90. The van der Waals surface area contributed by atoms with Gasteiger partial charge in [0.25, 0.3) is 0 Å². The van der Waals surface area contributed by atoms with Gasteiger partial charge in [0, 0.05) is 17.3 Å². The molecule has 1 unspecified atom stereocenters. The summed E-state index contributed by atoms with van der Waals surface area (Å²) < 4.78 is 14.4. The van der Waals surface area contributed by atoms with Gasteiger partial charge in [0.15, 0.2) is 0 Å². The summed E-state index contributed by atoms with van der Waals surface area (Å²) in [6, 6.07) is 2.49. The molecule has 74 valence electrons. The van der Waals surface area contributed by atoms with E-state index in [4.69, 9.17) is 5.26 Å². The first-order valence-corrected chi connectivity index (χ1v) is 5.66. The van der Waals surface area contributed by atoms with E-state index in [2.05, 4.69) is 10.8 Å². The molecule has 1 aliphatic carbocycles. The highest BCUT2D eigenvalue weighted by Crippen LogP contribution is 2.28. The van der Waals surface area contributed by atoms with Crippen LogP contribution in [-0.4, -0.2) is 15.3 Å². The van der Waals surface area contributed by atoms with E-state index in [9.17, 15) is 4.55 Å². The van der Waals surface area contributed by atoms with E-state index in [-0.39, 0.29) is 16.7 Å². The van der Waals surface area contributed by atoms with Crippen molar-refractivity contribution < 1.29 is 4.55 Å². The van der Waals surface area contributed by atoms with Crippen molar-refractivity contribution in [1.29, 1.82) is 5.26 Å². The number of hydrogen-bond donors (Lipinski definition) is 1.